The minimum absolute atomic E-state index is 0.00121. The summed E-state index contributed by atoms with van der Waals surface area (Å²) in [6.07, 6.45) is 7.08. The number of aromatic nitrogens is 1. The van der Waals surface area contributed by atoms with Crippen LogP contribution in [0.25, 0.3) is 5.76 Å². The number of carbonyl (C=O) groups is 2. The molecule has 210 valence electrons. The van der Waals surface area contributed by atoms with E-state index in [4.69, 9.17) is 14.2 Å². The summed E-state index contributed by atoms with van der Waals surface area (Å²) < 4.78 is 17.3. The number of methoxy groups -OCH3 is 1. The molecule has 1 N–H and O–H groups in total. The third-order valence-corrected chi connectivity index (χ3v) is 6.75. The first-order valence-corrected chi connectivity index (χ1v) is 13.7. The first-order valence-electron chi connectivity index (χ1n) is 13.7. The van der Waals surface area contributed by atoms with E-state index >= 15 is 0 Å². The Hall–Kier alpha value is -4.33. The van der Waals surface area contributed by atoms with Crippen LogP contribution in [0.2, 0.25) is 0 Å². The molecule has 1 atom stereocenters. The molecule has 1 aliphatic heterocycles. The van der Waals surface area contributed by atoms with Crippen molar-refractivity contribution in [2.24, 2.45) is 0 Å². The van der Waals surface area contributed by atoms with Gasteiger partial charge in [0.25, 0.3) is 11.7 Å². The van der Waals surface area contributed by atoms with Crippen LogP contribution in [-0.2, 0) is 16.1 Å². The lowest BCUT2D eigenvalue weighted by Crippen LogP contribution is -2.29. The minimum Gasteiger partial charge on any atom is -0.507 e. The van der Waals surface area contributed by atoms with E-state index in [-0.39, 0.29) is 17.9 Å². The van der Waals surface area contributed by atoms with Crippen LogP contribution in [0.5, 0.6) is 17.2 Å². The van der Waals surface area contributed by atoms with Gasteiger partial charge in [0, 0.05) is 24.5 Å². The quantitative estimate of drug-likeness (QED) is 0.121. The van der Waals surface area contributed by atoms with Crippen LogP contribution in [0.4, 0.5) is 0 Å². The van der Waals surface area contributed by atoms with E-state index in [1.54, 1.807) is 68.0 Å². The monoisotopic (exact) mass is 544 g/mol. The standard InChI is InChI=1S/C32H36N2O6/c1-4-6-16-39-25-12-8-11-24(18-25)30(35)28-29(23-13-14-26(27(19-23)38-3)40-17-7-5-2)34(32(37)31(28)36)21-22-10-9-15-33-20-22/h8-15,18-20,29,35H,4-7,16-17,21H2,1-3H3. The van der Waals surface area contributed by atoms with Gasteiger partial charge < -0.3 is 24.2 Å². The number of aliphatic hydroxyl groups is 1. The Labute approximate surface area is 235 Å². The number of aliphatic hydroxyl groups excluding tert-OH is 1. The molecule has 2 aromatic carbocycles. The number of hydrogen-bond donors (Lipinski definition) is 1. The van der Waals surface area contributed by atoms with E-state index in [1.807, 2.05) is 6.07 Å². The molecule has 0 aliphatic carbocycles. The summed E-state index contributed by atoms with van der Waals surface area (Å²) >= 11 is 0. The SMILES string of the molecule is CCCCOc1cccc(C(O)=C2C(=O)C(=O)N(Cc3cccnc3)C2c2ccc(OCCCC)c(OC)c2)c1. The van der Waals surface area contributed by atoms with Gasteiger partial charge in [0.1, 0.15) is 11.5 Å². The van der Waals surface area contributed by atoms with Gasteiger partial charge in [0.2, 0.25) is 0 Å². The number of pyridine rings is 1. The molecule has 1 amide bonds. The van der Waals surface area contributed by atoms with Crippen molar-refractivity contribution in [1.29, 1.82) is 0 Å². The number of benzene rings is 2. The average molecular weight is 545 g/mol. The fourth-order valence-corrected chi connectivity index (χ4v) is 4.60. The Morgan fingerprint density at radius 1 is 0.950 bits per heavy atom. The summed E-state index contributed by atoms with van der Waals surface area (Å²) in [6.45, 7) is 5.39. The first kappa shape index (κ1) is 28.7. The number of hydrogen-bond acceptors (Lipinski definition) is 7. The molecule has 1 fully saturated rings. The van der Waals surface area contributed by atoms with E-state index in [9.17, 15) is 14.7 Å². The number of ketones is 1. The van der Waals surface area contributed by atoms with Crippen molar-refractivity contribution < 1.29 is 28.9 Å². The smallest absolute Gasteiger partial charge is 0.295 e. The molecule has 1 saturated heterocycles. The highest BCUT2D eigenvalue weighted by molar-refractivity contribution is 6.46. The molecule has 0 saturated carbocycles. The zero-order valence-corrected chi connectivity index (χ0v) is 23.3. The Morgan fingerprint density at radius 2 is 1.73 bits per heavy atom. The molecule has 0 bridgehead atoms. The summed E-state index contributed by atoms with van der Waals surface area (Å²) in [5.41, 5.74) is 1.76. The van der Waals surface area contributed by atoms with Crippen LogP contribution in [0.3, 0.4) is 0 Å². The first-order chi connectivity index (χ1) is 19.5. The lowest BCUT2D eigenvalue weighted by atomic mass is 9.94. The molecular weight excluding hydrogens is 508 g/mol. The number of rotatable bonds is 13. The Balaban J connectivity index is 1.79. The number of ether oxygens (including phenoxy) is 3. The van der Waals surface area contributed by atoms with Gasteiger partial charge in [0.15, 0.2) is 11.5 Å². The molecule has 3 aromatic rings. The van der Waals surface area contributed by atoms with Gasteiger partial charge in [-0.25, -0.2) is 0 Å². The Bertz CT molecular complexity index is 1350. The summed E-state index contributed by atoms with van der Waals surface area (Å²) in [4.78, 5) is 32.5. The third kappa shape index (κ3) is 6.45. The molecule has 1 aliphatic rings. The van der Waals surface area contributed by atoms with Gasteiger partial charge in [-0.3, -0.25) is 14.6 Å². The summed E-state index contributed by atoms with van der Waals surface area (Å²) in [7, 11) is 1.54. The van der Waals surface area contributed by atoms with Crippen molar-refractivity contribution in [3.05, 3.63) is 89.3 Å². The maximum atomic E-state index is 13.5. The highest BCUT2D eigenvalue weighted by Crippen LogP contribution is 2.43. The van der Waals surface area contributed by atoms with Crippen LogP contribution in [0.15, 0.2) is 72.6 Å². The minimum atomic E-state index is -0.858. The highest BCUT2D eigenvalue weighted by Gasteiger charge is 2.46. The van der Waals surface area contributed by atoms with Crippen molar-refractivity contribution in [2.45, 2.75) is 52.1 Å². The number of unbranched alkanes of at least 4 members (excludes halogenated alkanes) is 2. The molecule has 8 nitrogen and oxygen atoms in total. The molecule has 40 heavy (non-hydrogen) atoms. The van der Waals surface area contributed by atoms with Crippen molar-refractivity contribution in [2.75, 3.05) is 20.3 Å². The van der Waals surface area contributed by atoms with E-state index in [2.05, 4.69) is 18.8 Å². The zero-order chi connectivity index (χ0) is 28.5. The largest absolute Gasteiger partial charge is 0.507 e. The number of amides is 1. The van der Waals surface area contributed by atoms with Crippen molar-refractivity contribution in [1.82, 2.24) is 9.88 Å². The fourth-order valence-electron chi connectivity index (χ4n) is 4.60. The van der Waals surface area contributed by atoms with Crippen LogP contribution in [0, 0.1) is 0 Å². The lowest BCUT2D eigenvalue weighted by Gasteiger charge is -2.26. The van der Waals surface area contributed by atoms with E-state index < -0.39 is 17.7 Å². The molecule has 0 radical (unpaired) electrons. The van der Waals surface area contributed by atoms with Crippen LogP contribution < -0.4 is 14.2 Å². The van der Waals surface area contributed by atoms with Gasteiger partial charge >= 0.3 is 0 Å². The predicted octanol–water partition coefficient (Wildman–Crippen LogP) is 6.07. The van der Waals surface area contributed by atoms with Gasteiger partial charge in [-0.1, -0.05) is 51.0 Å². The third-order valence-electron chi connectivity index (χ3n) is 6.75. The van der Waals surface area contributed by atoms with E-state index in [0.29, 0.717) is 41.6 Å². The Morgan fingerprint density at radius 3 is 2.42 bits per heavy atom. The normalized spacial score (nSPS) is 16.3. The average Bonchev–Trinajstić information content (AvgIpc) is 3.22. The molecule has 0 spiro atoms. The molecule has 4 rings (SSSR count). The molecule has 1 unspecified atom stereocenters. The highest BCUT2D eigenvalue weighted by atomic mass is 16.5. The van der Waals surface area contributed by atoms with Gasteiger partial charge in [0.05, 0.1) is 31.9 Å². The second-order valence-corrected chi connectivity index (χ2v) is 9.63. The van der Waals surface area contributed by atoms with Crippen LogP contribution in [-0.4, -0.2) is 47.0 Å². The summed E-state index contributed by atoms with van der Waals surface area (Å²) in [5.74, 6) is -0.0965. The molecule has 8 heteroatoms. The van der Waals surface area contributed by atoms with Crippen molar-refractivity contribution >= 4 is 17.4 Å². The second kappa shape index (κ2) is 13.6. The molecular formula is C32H36N2O6. The maximum absolute atomic E-state index is 13.5. The van der Waals surface area contributed by atoms with Gasteiger partial charge in [-0.2, -0.15) is 0 Å². The molecule has 1 aromatic heterocycles. The second-order valence-electron chi connectivity index (χ2n) is 9.63. The molecule has 2 heterocycles. The predicted molar refractivity (Wildman–Crippen MR) is 152 cm³/mol. The summed E-state index contributed by atoms with van der Waals surface area (Å²) in [6, 6.07) is 15.0. The van der Waals surface area contributed by atoms with Crippen LogP contribution in [0.1, 0.15) is 62.3 Å². The van der Waals surface area contributed by atoms with Gasteiger partial charge in [-0.05, 0) is 54.3 Å². The number of Topliss-reactive ketones (excluding diaryl/α,β-unsaturated/α-hetero) is 1. The maximum Gasteiger partial charge on any atom is 0.295 e. The van der Waals surface area contributed by atoms with Crippen LogP contribution >= 0.6 is 0 Å². The van der Waals surface area contributed by atoms with Crippen molar-refractivity contribution in [3.8, 4) is 17.2 Å². The zero-order valence-electron chi connectivity index (χ0n) is 23.3. The van der Waals surface area contributed by atoms with Gasteiger partial charge in [-0.15, -0.1) is 0 Å². The Kier molecular flexibility index (Phi) is 9.78. The topological polar surface area (TPSA) is 98.2 Å². The van der Waals surface area contributed by atoms with E-state index in [1.165, 1.54) is 4.90 Å². The van der Waals surface area contributed by atoms with E-state index in [0.717, 1.165) is 31.2 Å². The number of nitrogens with zero attached hydrogens (tertiary/aromatic N) is 2. The number of likely N-dealkylation sites (tertiary alicyclic amines) is 1. The van der Waals surface area contributed by atoms with Crippen molar-refractivity contribution in [3.63, 3.8) is 0 Å². The number of carbonyl (C=O) groups excluding carboxylic acids is 2. The fraction of sp³-hybridized carbons (Fsp3) is 0.344. The lowest BCUT2D eigenvalue weighted by molar-refractivity contribution is -0.140. The summed E-state index contributed by atoms with van der Waals surface area (Å²) in [5, 5.41) is 11.5.